The molecule has 2 aromatic carbocycles. The van der Waals surface area contributed by atoms with Gasteiger partial charge in [-0.1, -0.05) is 24.3 Å². The Kier molecular flexibility index (Phi) is 6.60. The molecule has 5 nitrogen and oxygen atoms in total. The Hall–Kier alpha value is -2.66. The number of amides is 2. The molecule has 3 N–H and O–H groups in total. The molecule has 0 aromatic heterocycles. The number of carbonyl (C=O) groups excluding carboxylic acids is 2. The molecule has 1 heterocycles. The minimum atomic E-state index is -0.176. The van der Waals surface area contributed by atoms with Crippen LogP contribution in [0.4, 0.5) is 11.4 Å². The normalized spacial score (nSPS) is 14.6. The van der Waals surface area contributed by atoms with Crippen molar-refractivity contribution in [3.63, 3.8) is 0 Å². The van der Waals surface area contributed by atoms with Gasteiger partial charge in [0.05, 0.1) is 0 Å². The van der Waals surface area contributed by atoms with E-state index in [0.29, 0.717) is 23.6 Å². The highest BCUT2D eigenvalue weighted by atomic mass is 16.2. The summed E-state index contributed by atoms with van der Waals surface area (Å²) in [6, 6.07) is 14.8. The largest absolute Gasteiger partial charge is 0.326 e. The zero-order chi connectivity index (χ0) is 19.1. The molecular formula is C22H27N3O2. The number of carbonyl (C=O) groups is 2. The number of para-hydroxylation sites is 1. The van der Waals surface area contributed by atoms with Gasteiger partial charge in [0.15, 0.2) is 0 Å². The molecule has 1 saturated heterocycles. The SMILES string of the molecule is Cc1c(NC(=O)CCC2CCNCC2)cccc1C(=O)Nc1ccccc1. The van der Waals surface area contributed by atoms with Gasteiger partial charge >= 0.3 is 0 Å². The van der Waals surface area contributed by atoms with E-state index in [-0.39, 0.29) is 11.8 Å². The average molecular weight is 365 g/mol. The van der Waals surface area contributed by atoms with Crippen LogP contribution in [0.15, 0.2) is 48.5 Å². The van der Waals surface area contributed by atoms with Crippen molar-refractivity contribution in [1.29, 1.82) is 0 Å². The first-order valence-electron chi connectivity index (χ1n) is 9.60. The van der Waals surface area contributed by atoms with Crippen molar-refractivity contribution in [3.05, 3.63) is 59.7 Å². The number of nitrogens with one attached hydrogen (secondary N) is 3. The molecule has 2 aromatic rings. The molecule has 0 atom stereocenters. The van der Waals surface area contributed by atoms with E-state index in [1.165, 1.54) is 0 Å². The molecule has 1 fully saturated rings. The lowest BCUT2D eigenvalue weighted by Gasteiger charge is -2.22. The van der Waals surface area contributed by atoms with E-state index < -0.39 is 0 Å². The number of hydrogen-bond donors (Lipinski definition) is 3. The number of piperidine rings is 1. The Morgan fingerprint density at radius 1 is 1.00 bits per heavy atom. The fourth-order valence-electron chi connectivity index (χ4n) is 3.46. The molecule has 0 bridgehead atoms. The van der Waals surface area contributed by atoms with Crippen LogP contribution in [0.3, 0.4) is 0 Å². The van der Waals surface area contributed by atoms with Crippen LogP contribution in [0.1, 0.15) is 41.6 Å². The van der Waals surface area contributed by atoms with Crippen LogP contribution in [-0.4, -0.2) is 24.9 Å². The van der Waals surface area contributed by atoms with Crippen molar-refractivity contribution in [2.24, 2.45) is 5.92 Å². The fourth-order valence-corrected chi connectivity index (χ4v) is 3.46. The van der Waals surface area contributed by atoms with Gasteiger partial charge in [0.25, 0.3) is 5.91 Å². The maximum absolute atomic E-state index is 12.6. The van der Waals surface area contributed by atoms with Crippen LogP contribution in [-0.2, 0) is 4.79 Å². The molecule has 0 unspecified atom stereocenters. The average Bonchev–Trinajstić information content (AvgIpc) is 2.69. The predicted octanol–water partition coefficient (Wildman–Crippen LogP) is 3.97. The Balaban J connectivity index is 1.60. The minimum Gasteiger partial charge on any atom is -0.326 e. The van der Waals surface area contributed by atoms with E-state index in [2.05, 4.69) is 16.0 Å². The molecule has 5 heteroatoms. The summed E-state index contributed by atoms with van der Waals surface area (Å²) in [7, 11) is 0. The summed E-state index contributed by atoms with van der Waals surface area (Å²) in [4.78, 5) is 24.9. The van der Waals surface area contributed by atoms with E-state index >= 15 is 0 Å². The molecule has 142 valence electrons. The van der Waals surface area contributed by atoms with Gasteiger partial charge in [-0.25, -0.2) is 0 Å². The molecule has 1 aliphatic rings. The molecule has 0 aliphatic carbocycles. The summed E-state index contributed by atoms with van der Waals surface area (Å²) >= 11 is 0. The Morgan fingerprint density at radius 3 is 2.48 bits per heavy atom. The van der Waals surface area contributed by atoms with Gasteiger partial charge in [0, 0.05) is 23.4 Å². The highest BCUT2D eigenvalue weighted by molar-refractivity contribution is 6.06. The maximum Gasteiger partial charge on any atom is 0.256 e. The summed E-state index contributed by atoms with van der Waals surface area (Å²) in [5, 5.41) is 9.21. The first kappa shape index (κ1) is 19.1. The standard InChI is InChI=1S/C22H27N3O2/c1-16-19(22(27)24-18-6-3-2-4-7-18)8-5-9-20(16)25-21(26)11-10-17-12-14-23-15-13-17/h2-9,17,23H,10-15H2,1H3,(H,24,27)(H,25,26). The van der Waals surface area contributed by atoms with E-state index in [0.717, 1.165) is 43.6 Å². The molecule has 0 spiro atoms. The van der Waals surface area contributed by atoms with Crippen molar-refractivity contribution in [2.75, 3.05) is 23.7 Å². The lowest BCUT2D eigenvalue weighted by molar-refractivity contribution is -0.116. The first-order valence-corrected chi connectivity index (χ1v) is 9.60. The molecule has 1 aliphatic heterocycles. The minimum absolute atomic E-state index is 0.0113. The smallest absolute Gasteiger partial charge is 0.256 e. The summed E-state index contributed by atoms with van der Waals surface area (Å²) < 4.78 is 0. The van der Waals surface area contributed by atoms with E-state index in [9.17, 15) is 9.59 Å². The fraction of sp³-hybridized carbons (Fsp3) is 0.364. The predicted molar refractivity (Wildman–Crippen MR) is 109 cm³/mol. The van der Waals surface area contributed by atoms with Crippen molar-refractivity contribution in [2.45, 2.75) is 32.6 Å². The van der Waals surface area contributed by atoms with Crippen molar-refractivity contribution in [3.8, 4) is 0 Å². The van der Waals surface area contributed by atoms with E-state index in [4.69, 9.17) is 0 Å². The van der Waals surface area contributed by atoms with Crippen LogP contribution in [0.5, 0.6) is 0 Å². The maximum atomic E-state index is 12.6. The summed E-state index contributed by atoms with van der Waals surface area (Å²) in [5.41, 5.74) is 2.79. The van der Waals surface area contributed by atoms with Crippen molar-refractivity contribution in [1.82, 2.24) is 5.32 Å². The van der Waals surface area contributed by atoms with Gasteiger partial charge in [0.1, 0.15) is 0 Å². The van der Waals surface area contributed by atoms with Gasteiger partial charge in [-0.05, 0) is 75.0 Å². The topological polar surface area (TPSA) is 70.2 Å². The van der Waals surface area contributed by atoms with Crippen molar-refractivity contribution >= 4 is 23.2 Å². The summed E-state index contributed by atoms with van der Waals surface area (Å²) in [6.07, 6.45) is 3.72. The van der Waals surface area contributed by atoms with Gasteiger partial charge < -0.3 is 16.0 Å². The van der Waals surface area contributed by atoms with E-state index in [1.54, 1.807) is 12.1 Å². The lowest BCUT2D eigenvalue weighted by Crippen LogP contribution is -2.28. The first-order chi connectivity index (χ1) is 13.1. The highest BCUT2D eigenvalue weighted by Gasteiger charge is 2.16. The van der Waals surface area contributed by atoms with Crippen LogP contribution in [0, 0.1) is 12.8 Å². The number of anilines is 2. The van der Waals surface area contributed by atoms with Crippen LogP contribution in [0.25, 0.3) is 0 Å². The van der Waals surface area contributed by atoms with Crippen LogP contribution < -0.4 is 16.0 Å². The number of benzene rings is 2. The van der Waals surface area contributed by atoms with Gasteiger partial charge in [-0.3, -0.25) is 9.59 Å². The second kappa shape index (κ2) is 9.33. The van der Waals surface area contributed by atoms with Crippen LogP contribution >= 0.6 is 0 Å². The van der Waals surface area contributed by atoms with Gasteiger partial charge in [0.2, 0.25) is 5.91 Å². The quantitative estimate of drug-likeness (QED) is 0.725. The molecule has 0 radical (unpaired) electrons. The Labute approximate surface area is 160 Å². The third-order valence-corrected chi connectivity index (χ3v) is 5.12. The van der Waals surface area contributed by atoms with Gasteiger partial charge in [-0.15, -0.1) is 0 Å². The molecule has 27 heavy (non-hydrogen) atoms. The molecule has 2 amide bonds. The van der Waals surface area contributed by atoms with Crippen molar-refractivity contribution < 1.29 is 9.59 Å². The molecule has 0 saturated carbocycles. The third-order valence-electron chi connectivity index (χ3n) is 5.12. The zero-order valence-corrected chi connectivity index (χ0v) is 15.8. The number of rotatable bonds is 6. The summed E-state index contributed by atoms with van der Waals surface area (Å²) in [6.45, 7) is 3.95. The Morgan fingerprint density at radius 2 is 1.74 bits per heavy atom. The van der Waals surface area contributed by atoms with Crippen LogP contribution in [0.2, 0.25) is 0 Å². The Bertz CT molecular complexity index is 783. The molecule has 3 rings (SSSR count). The number of hydrogen-bond acceptors (Lipinski definition) is 3. The third kappa shape index (κ3) is 5.41. The lowest BCUT2D eigenvalue weighted by atomic mass is 9.93. The highest BCUT2D eigenvalue weighted by Crippen LogP contribution is 2.22. The second-order valence-corrected chi connectivity index (χ2v) is 7.08. The van der Waals surface area contributed by atoms with Gasteiger partial charge in [-0.2, -0.15) is 0 Å². The summed E-state index contributed by atoms with van der Waals surface area (Å²) in [5.74, 6) is 0.461. The van der Waals surface area contributed by atoms with E-state index in [1.807, 2.05) is 43.3 Å². The second-order valence-electron chi connectivity index (χ2n) is 7.08. The zero-order valence-electron chi connectivity index (χ0n) is 15.8. The monoisotopic (exact) mass is 365 g/mol. The molecular weight excluding hydrogens is 338 g/mol.